The quantitative estimate of drug-likeness (QED) is 0.900. The zero-order valence-electron chi connectivity index (χ0n) is 11.1. The molecule has 0 radical (unpaired) electrons. The molecule has 20 heavy (non-hydrogen) atoms. The number of carbonyl (C=O) groups is 2. The lowest BCUT2D eigenvalue weighted by Crippen LogP contribution is -2.56. The second kappa shape index (κ2) is 6.06. The lowest BCUT2D eigenvalue weighted by atomic mass is 9.91. The fourth-order valence-corrected chi connectivity index (χ4v) is 3.49. The lowest BCUT2D eigenvalue weighted by Gasteiger charge is -2.33. The number of aryl methyl sites for hydroxylation is 1. The van der Waals surface area contributed by atoms with E-state index in [9.17, 15) is 14.7 Å². The molecular weight excluding hydrogens is 298 g/mol. The van der Waals surface area contributed by atoms with Crippen molar-refractivity contribution in [1.82, 2.24) is 5.32 Å². The molecule has 1 aromatic carbocycles. The molecule has 2 N–H and O–H groups in total. The Bertz CT molecular complexity index is 541. The Labute approximate surface area is 126 Å². The first-order valence-corrected chi connectivity index (χ1v) is 7.88. The molecular formula is C14H16ClNO3S. The largest absolute Gasteiger partial charge is 0.480 e. The summed E-state index contributed by atoms with van der Waals surface area (Å²) in [7, 11) is 0. The topological polar surface area (TPSA) is 66.4 Å². The summed E-state index contributed by atoms with van der Waals surface area (Å²) in [5, 5.41) is 12.7. The van der Waals surface area contributed by atoms with Crippen molar-refractivity contribution in [3.8, 4) is 0 Å². The Hall–Kier alpha value is -1.20. The summed E-state index contributed by atoms with van der Waals surface area (Å²) in [5.74, 6) is 0.161. The number of nitrogens with one attached hydrogen (secondary N) is 1. The molecule has 1 aromatic rings. The molecule has 0 unspecified atom stereocenters. The van der Waals surface area contributed by atoms with Gasteiger partial charge < -0.3 is 10.4 Å². The number of benzene rings is 1. The maximum Gasteiger partial charge on any atom is 0.329 e. The summed E-state index contributed by atoms with van der Waals surface area (Å²) >= 11 is 7.64. The van der Waals surface area contributed by atoms with Crippen molar-refractivity contribution in [2.75, 3.05) is 11.5 Å². The van der Waals surface area contributed by atoms with Crippen LogP contribution in [0.1, 0.15) is 28.8 Å². The number of carbonyl (C=O) groups excluding carboxylic acids is 1. The molecule has 6 heteroatoms. The van der Waals surface area contributed by atoms with Crippen molar-refractivity contribution in [2.45, 2.75) is 25.3 Å². The van der Waals surface area contributed by atoms with Crippen molar-refractivity contribution in [3.05, 3.63) is 34.3 Å². The molecule has 2 rings (SSSR count). The van der Waals surface area contributed by atoms with Gasteiger partial charge in [0.1, 0.15) is 5.54 Å². The Kier molecular flexibility index (Phi) is 4.60. The summed E-state index contributed by atoms with van der Waals surface area (Å²) in [6.45, 7) is 1.81. The predicted molar refractivity (Wildman–Crippen MR) is 80.6 cm³/mol. The number of carboxylic acid groups (broad SMARTS) is 1. The van der Waals surface area contributed by atoms with E-state index in [1.807, 2.05) is 6.92 Å². The third-order valence-electron chi connectivity index (χ3n) is 3.53. The molecule has 1 aliphatic heterocycles. The highest BCUT2D eigenvalue weighted by Crippen LogP contribution is 2.28. The molecule has 0 aromatic heterocycles. The van der Waals surface area contributed by atoms with Crippen LogP contribution in [-0.2, 0) is 4.79 Å². The van der Waals surface area contributed by atoms with Crippen molar-refractivity contribution in [1.29, 1.82) is 0 Å². The molecule has 0 aliphatic carbocycles. The highest BCUT2D eigenvalue weighted by Gasteiger charge is 2.41. The van der Waals surface area contributed by atoms with E-state index < -0.39 is 11.5 Å². The number of thioether (sulfide) groups is 1. The third-order valence-corrected chi connectivity index (χ3v) is 4.94. The first-order valence-electron chi connectivity index (χ1n) is 6.34. The maximum absolute atomic E-state index is 12.3. The zero-order chi connectivity index (χ0) is 14.8. The van der Waals surface area contributed by atoms with Crippen LogP contribution >= 0.6 is 23.4 Å². The van der Waals surface area contributed by atoms with E-state index in [1.165, 1.54) is 0 Å². The minimum absolute atomic E-state index is 0.362. The van der Waals surface area contributed by atoms with E-state index in [2.05, 4.69) is 5.32 Å². The van der Waals surface area contributed by atoms with Gasteiger partial charge >= 0.3 is 5.97 Å². The second-order valence-electron chi connectivity index (χ2n) is 4.92. The van der Waals surface area contributed by atoms with Crippen LogP contribution in [-0.4, -0.2) is 34.0 Å². The number of hydrogen-bond donors (Lipinski definition) is 2. The van der Waals surface area contributed by atoms with Crippen LogP contribution in [0.4, 0.5) is 0 Å². The summed E-state index contributed by atoms with van der Waals surface area (Å²) in [6.07, 6.45) is 0.899. The van der Waals surface area contributed by atoms with Crippen LogP contribution in [0.2, 0.25) is 5.02 Å². The molecule has 4 nitrogen and oxygen atoms in total. The molecule has 0 spiro atoms. The molecule has 108 valence electrons. The van der Waals surface area contributed by atoms with E-state index in [1.54, 1.807) is 30.0 Å². The highest BCUT2D eigenvalue weighted by atomic mass is 35.5. The molecule has 1 fully saturated rings. The fraction of sp³-hybridized carbons (Fsp3) is 0.429. The summed E-state index contributed by atoms with van der Waals surface area (Å²) in [4.78, 5) is 23.8. The average molecular weight is 314 g/mol. The number of hydrogen-bond acceptors (Lipinski definition) is 3. The Morgan fingerprint density at radius 2 is 2.00 bits per heavy atom. The van der Waals surface area contributed by atoms with Crippen LogP contribution in [0, 0.1) is 6.92 Å². The van der Waals surface area contributed by atoms with E-state index in [0.29, 0.717) is 23.4 Å². The molecule has 0 atom stereocenters. The summed E-state index contributed by atoms with van der Waals surface area (Å²) in [5.41, 5.74) is 0.0872. The van der Waals surface area contributed by atoms with Gasteiger partial charge in [-0.3, -0.25) is 4.79 Å². The number of carboxylic acids is 1. The van der Waals surface area contributed by atoms with E-state index in [-0.39, 0.29) is 5.91 Å². The van der Waals surface area contributed by atoms with Gasteiger partial charge in [-0.1, -0.05) is 11.6 Å². The molecule has 1 aliphatic rings. The number of rotatable bonds is 3. The van der Waals surface area contributed by atoms with Gasteiger partial charge in [-0.25, -0.2) is 4.79 Å². The predicted octanol–water partition coefficient (Wildman–Crippen LogP) is 2.73. The Morgan fingerprint density at radius 3 is 2.55 bits per heavy atom. The van der Waals surface area contributed by atoms with E-state index in [4.69, 9.17) is 11.6 Å². The number of aliphatic carboxylic acids is 1. The maximum atomic E-state index is 12.3. The van der Waals surface area contributed by atoms with E-state index >= 15 is 0 Å². The van der Waals surface area contributed by atoms with Gasteiger partial charge in [0.25, 0.3) is 5.91 Å². The minimum Gasteiger partial charge on any atom is -0.480 e. The first kappa shape index (κ1) is 15.2. The van der Waals surface area contributed by atoms with Crippen molar-refractivity contribution in [2.24, 2.45) is 0 Å². The minimum atomic E-state index is -1.14. The monoisotopic (exact) mass is 313 g/mol. The van der Waals surface area contributed by atoms with Crippen molar-refractivity contribution in [3.63, 3.8) is 0 Å². The van der Waals surface area contributed by atoms with Gasteiger partial charge in [0.2, 0.25) is 0 Å². The average Bonchev–Trinajstić information content (AvgIpc) is 2.42. The standard InChI is InChI=1S/C14H16ClNO3S/c1-9-8-10(2-3-11(9)15)12(17)16-14(13(18)19)4-6-20-7-5-14/h2-3,8H,4-7H2,1H3,(H,16,17)(H,18,19). The van der Waals surface area contributed by atoms with Crippen LogP contribution in [0.25, 0.3) is 0 Å². The normalized spacial score (nSPS) is 17.5. The smallest absolute Gasteiger partial charge is 0.329 e. The van der Waals surface area contributed by atoms with Gasteiger partial charge in [-0.05, 0) is 55.0 Å². The lowest BCUT2D eigenvalue weighted by molar-refractivity contribution is -0.144. The van der Waals surface area contributed by atoms with Crippen LogP contribution in [0.3, 0.4) is 0 Å². The van der Waals surface area contributed by atoms with Gasteiger partial charge in [0, 0.05) is 10.6 Å². The summed E-state index contributed by atoms with van der Waals surface area (Å²) in [6, 6.07) is 4.93. The highest BCUT2D eigenvalue weighted by molar-refractivity contribution is 7.99. The van der Waals surface area contributed by atoms with E-state index in [0.717, 1.165) is 17.1 Å². The van der Waals surface area contributed by atoms with Gasteiger partial charge in [-0.2, -0.15) is 11.8 Å². The fourth-order valence-electron chi connectivity index (χ4n) is 2.19. The molecule has 1 saturated heterocycles. The first-order chi connectivity index (χ1) is 9.44. The van der Waals surface area contributed by atoms with Crippen LogP contribution in [0.5, 0.6) is 0 Å². The second-order valence-corrected chi connectivity index (χ2v) is 6.55. The third kappa shape index (κ3) is 3.10. The van der Waals surface area contributed by atoms with Gasteiger partial charge in [0.05, 0.1) is 0 Å². The summed E-state index contributed by atoms with van der Waals surface area (Å²) < 4.78 is 0. The van der Waals surface area contributed by atoms with Crippen LogP contribution in [0.15, 0.2) is 18.2 Å². The number of amides is 1. The number of halogens is 1. The molecule has 1 heterocycles. The van der Waals surface area contributed by atoms with Gasteiger partial charge in [0.15, 0.2) is 0 Å². The Morgan fingerprint density at radius 1 is 1.35 bits per heavy atom. The molecule has 1 amide bonds. The molecule has 0 bridgehead atoms. The zero-order valence-corrected chi connectivity index (χ0v) is 12.7. The Balaban J connectivity index is 2.20. The van der Waals surface area contributed by atoms with Crippen molar-refractivity contribution >= 4 is 35.2 Å². The SMILES string of the molecule is Cc1cc(C(=O)NC2(C(=O)O)CCSCC2)ccc1Cl. The van der Waals surface area contributed by atoms with Gasteiger partial charge in [-0.15, -0.1) is 0 Å². The van der Waals surface area contributed by atoms with Crippen LogP contribution < -0.4 is 5.32 Å². The molecule has 0 saturated carbocycles. The van der Waals surface area contributed by atoms with Crippen molar-refractivity contribution < 1.29 is 14.7 Å².